The number of H-pyrrole nitrogens is 2. The second-order valence-corrected chi connectivity index (χ2v) is 6.12. The smallest absolute Gasteiger partial charge is 0.339 e. The number of halogens is 2. The molecule has 3 N–H and O–H groups in total. The molecule has 0 spiro atoms. The standard InChI is InChI=1S/C9H7ClN2O2.C8H5ClN2O2/c1-14-9(13)5-2-7-8(12-3-5)6(10)4-11-7;9-5-3-10-6-1-4(8(12)13)2-11-7(5)6/h2-4,11H,1H3;1-3,10H,(H,12,13). The monoisotopic (exact) mass is 406 g/mol. The van der Waals surface area contributed by atoms with Crippen LogP contribution in [0, 0.1) is 0 Å². The maximum atomic E-state index is 11.2. The Balaban J connectivity index is 0.000000156. The van der Waals surface area contributed by atoms with E-state index in [1.807, 2.05) is 0 Å². The van der Waals surface area contributed by atoms with Crippen molar-refractivity contribution in [3.8, 4) is 0 Å². The van der Waals surface area contributed by atoms with Crippen LogP contribution in [0.4, 0.5) is 0 Å². The molecule has 138 valence electrons. The maximum Gasteiger partial charge on any atom is 0.339 e. The SMILES string of the molecule is COC(=O)c1cnc2c(Cl)c[nH]c2c1.O=C(O)c1cnc2c(Cl)c[nH]c2c1. The van der Waals surface area contributed by atoms with Gasteiger partial charge < -0.3 is 19.8 Å². The number of esters is 1. The predicted molar refractivity (Wildman–Crippen MR) is 101 cm³/mol. The number of carbonyl (C=O) groups excluding carboxylic acids is 1. The number of nitrogens with one attached hydrogen (secondary N) is 2. The van der Waals surface area contributed by atoms with Gasteiger partial charge in [-0.1, -0.05) is 23.2 Å². The molecule has 0 atom stereocenters. The minimum atomic E-state index is -1.000. The summed E-state index contributed by atoms with van der Waals surface area (Å²) >= 11 is 11.6. The molecule has 0 amide bonds. The molecule has 0 aliphatic heterocycles. The van der Waals surface area contributed by atoms with Crippen molar-refractivity contribution in [3.63, 3.8) is 0 Å². The van der Waals surface area contributed by atoms with E-state index in [0.29, 0.717) is 32.2 Å². The number of aromatic nitrogens is 4. The molecule has 10 heteroatoms. The van der Waals surface area contributed by atoms with Gasteiger partial charge in [0.15, 0.2) is 0 Å². The predicted octanol–water partition coefficient (Wildman–Crippen LogP) is 3.92. The van der Waals surface area contributed by atoms with Gasteiger partial charge in [-0.2, -0.15) is 0 Å². The quantitative estimate of drug-likeness (QED) is 0.433. The van der Waals surface area contributed by atoms with Gasteiger partial charge in [-0.15, -0.1) is 0 Å². The van der Waals surface area contributed by atoms with Gasteiger partial charge >= 0.3 is 11.9 Å². The molecule has 0 saturated carbocycles. The summed E-state index contributed by atoms with van der Waals surface area (Å²) < 4.78 is 4.57. The van der Waals surface area contributed by atoms with Crippen molar-refractivity contribution < 1.29 is 19.4 Å². The summed E-state index contributed by atoms with van der Waals surface area (Å²) in [4.78, 5) is 35.4. The van der Waals surface area contributed by atoms with E-state index >= 15 is 0 Å². The number of hydrogen-bond donors (Lipinski definition) is 3. The van der Waals surface area contributed by atoms with Crippen molar-refractivity contribution in [1.82, 2.24) is 19.9 Å². The highest BCUT2D eigenvalue weighted by Gasteiger charge is 2.09. The van der Waals surface area contributed by atoms with Crippen LogP contribution in [0.15, 0.2) is 36.9 Å². The van der Waals surface area contributed by atoms with E-state index in [9.17, 15) is 9.59 Å². The van der Waals surface area contributed by atoms with E-state index in [1.165, 1.54) is 25.6 Å². The van der Waals surface area contributed by atoms with Crippen LogP contribution >= 0.6 is 23.2 Å². The Hall–Kier alpha value is -3.10. The second kappa shape index (κ2) is 7.65. The molecular formula is C17H12Cl2N4O4. The number of pyridine rings is 2. The third kappa shape index (κ3) is 3.86. The fourth-order valence-corrected chi connectivity index (χ4v) is 2.71. The van der Waals surface area contributed by atoms with Gasteiger partial charge in [-0.05, 0) is 12.1 Å². The Morgan fingerprint density at radius 1 is 0.963 bits per heavy atom. The average Bonchev–Trinajstić information content (AvgIpc) is 3.24. The highest BCUT2D eigenvalue weighted by Crippen LogP contribution is 2.22. The number of ether oxygens (including phenoxy) is 1. The number of fused-ring (bicyclic) bond motifs is 2. The lowest BCUT2D eigenvalue weighted by molar-refractivity contribution is 0.0599. The molecule has 0 unspecified atom stereocenters. The van der Waals surface area contributed by atoms with Crippen LogP contribution in [0.5, 0.6) is 0 Å². The highest BCUT2D eigenvalue weighted by molar-refractivity contribution is 6.35. The normalized spacial score (nSPS) is 10.5. The van der Waals surface area contributed by atoms with Crippen LogP contribution < -0.4 is 0 Å². The van der Waals surface area contributed by atoms with Crippen LogP contribution in [0.2, 0.25) is 10.0 Å². The first-order valence-corrected chi connectivity index (χ1v) is 8.23. The van der Waals surface area contributed by atoms with Gasteiger partial charge in [0.1, 0.15) is 11.0 Å². The van der Waals surface area contributed by atoms with Gasteiger partial charge in [0.2, 0.25) is 0 Å². The summed E-state index contributed by atoms with van der Waals surface area (Å²) in [6, 6.07) is 3.15. The lowest BCUT2D eigenvalue weighted by Gasteiger charge is -1.97. The van der Waals surface area contributed by atoms with Gasteiger partial charge in [-0.3, -0.25) is 9.97 Å². The van der Waals surface area contributed by atoms with Crippen LogP contribution in [0.1, 0.15) is 20.7 Å². The highest BCUT2D eigenvalue weighted by atomic mass is 35.5. The van der Waals surface area contributed by atoms with E-state index in [4.69, 9.17) is 28.3 Å². The Morgan fingerprint density at radius 3 is 1.93 bits per heavy atom. The molecule has 0 aliphatic rings. The van der Waals surface area contributed by atoms with E-state index in [0.717, 1.165) is 5.52 Å². The Bertz CT molecular complexity index is 1150. The molecule has 27 heavy (non-hydrogen) atoms. The van der Waals surface area contributed by atoms with Crippen molar-refractivity contribution in [2.75, 3.05) is 7.11 Å². The van der Waals surface area contributed by atoms with Crippen molar-refractivity contribution >= 4 is 57.2 Å². The molecule has 0 aliphatic carbocycles. The summed E-state index contributed by atoms with van der Waals surface area (Å²) in [5.41, 5.74) is 3.14. The molecule has 4 aromatic heterocycles. The minimum absolute atomic E-state index is 0.144. The molecular weight excluding hydrogens is 395 g/mol. The number of carboxylic acids is 1. The average molecular weight is 407 g/mol. The number of carbonyl (C=O) groups is 2. The molecule has 4 aromatic rings. The molecule has 0 aromatic carbocycles. The summed E-state index contributed by atoms with van der Waals surface area (Å²) in [7, 11) is 1.33. The minimum Gasteiger partial charge on any atom is -0.478 e. The molecule has 0 saturated heterocycles. The number of aromatic carboxylic acids is 1. The van der Waals surface area contributed by atoms with E-state index in [1.54, 1.807) is 18.5 Å². The lowest BCUT2D eigenvalue weighted by atomic mass is 10.2. The summed E-state index contributed by atoms with van der Waals surface area (Å²) in [5.74, 6) is -1.41. The van der Waals surface area contributed by atoms with Crippen molar-refractivity contribution in [2.45, 2.75) is 0 Å². The molecule has 0 bridgehead atoms. The van der Waals surface area contributed by atoms with Crippen LogP contribution in [0.25, 0.3) is 22.1 Å². The number of hydrogen-bond acceptors (Lipinski definition) is 5. The third-order valence-corrected chi connectivity index (χ3v) is 4.18. The van der Waals surface area contributed by atoms with Crippen LogP contribution in [0.3, 0.4) is 0 Å². The molecule has 8 nitrogen and oxygen atoms in total. The maximum absolute atomic E-state index is 11.2. The van der Waals surface area contributed by atoms with E-state index in [-0.39, 0.29) is 5.56 Å². The molecule has 4 heterocycles. The van der Waals surface area contributed by atoms with Gasteiger partial charge in [0.05, 0.1) is 39.3 Å². The Kier molecular flexibility index (Phi) is 5.29. The molecule has 0 radical (unpaired) electrons. The molecule has 4 rings (SSSR count). The fraction of sp³-hybridized carbons (Fsp3) is 0.0588. The number of aromatic amines is 2. The number of rotatable bonds is 2. The zero-order chi connectivity index (χ0) is 19.6. The summed E-state index contributed by atoms with van der Waals surface area (Å²) in [6.07, 6.45) is 5.92. The third-order valence-electron chi connectivity index (χ3n) is 3.60. The van der Waals surface area contributed by atoms with Gasteiger partial charge in [0.25, 0.3) is 0 Å². The summed E-state index contributed by atoms with van der Waals surface area (Å²) in [6.45, 7) is 0. The van der Waals surface area contributed by atoms with Gasteiger partial charge in [0, 0.05) is 24.8 Å². The van der Waals surface area contributed by atoms with E-state index < -0.39 is 11.9 Å². The first kappa shape index (κ1) is 18.7. The lowest BCUT2D eigenvalue weighted by Crippen LogP contribution is -2.01. The van der Waals surface area contributed by atoms with Crippen molar-refractivity contribution in [1.29, 1.82) is 0 Å². The first-order valence-electron chi connectivity index (χ1n) is 7.47. The van der Waals surface area contributed by atoms with Crippen molar-refractivity contribution in [3.05, 3.63) is 58.1 Å². The Labute approximate surface area is 162 Å². The van der Waals surface area contributed by atoms with E-state index in [2.05, 4.69) is 24.7 Å². The number of methoxy groups -OCH3 is 1. The zero-order valence-corrected chi connectivity index (χ0v) is 15.3. The number of nitrogens with zero attached hydrogens (tertiary/aromatic N) is 2. The van der Waals surface area contributed by atoms with Crippen LogP contribution in [-0.2, 0) is 4.74 Å². The second-order valence-electron chi connectivity index (χ2n) is 5.31. The van der Waals surface area contributed by atoms with Gasteiger partial charge in [-0.25, -0.2) is 9.59 Å². The first-order chi connectivity index (χ1) is 12.9. The fourth-order valence-electron chi connectivity index (χ4n) is 2.30. The topological polar surface area (TPSA) is 121 Å². The summed E-state index contributed by atoms with van der Waals surface area (Å²) in [5, 5.41) is 9.70. The van der Waals surface area contributed by atoms with Crippen molar-refractivity contribution in [2.24, 2.45) is 0 Å². The Morgan fingerprint density at radius 2 is 1.44 bits per heavy atom. The largest absolute Gasteiger partial charge is 0.478 e. The van der Waals surface area contributed by atoms with Crippen LogP contribution in [-0.4, -0.2) is 44.1 Å². The zero-order valence-electron chi connectivity index (χ0n) is 13.8. The molecule has 0 fully saturated rings. The number of carboxylic acid groups (broad SMARTS) is 1.